The maximum atomic E-state index is 13.0. The minimum Gasteiger partial charge on any atom is -0.495 e. The van der Waals surface area contributed by atoms with Crippen LogP contribution in [0.1, 0.15) is 25.0 Å². The topological polar surface area (TPSA) is 117 Å². The molecule has 0 radical (unpaired) electrons. The molecule has 2 aromatic carbocycles. The van der Waals surface area contributed by atoms with Gasteiger partial charge in [-0.3, -0.25) is 4.79 Å². The molecule has 0 spiro atoms. The standard InChI is InChI=1S/C29H34N6O4S2/c1-18(2)41(37,38)25-9-7-6-8-20(25)16-30-28-27-21(11-13-40-27)31-29(33-28)32-22-15-23-19(14-24(22)39-5)10-12-35(23)26(36)17-34(3)4/h6-9,11,13-15,18H,10,12,16-17H2,1-5H3,(H2,30,31,32,33). The molecule has 1 amide bonds. The lowest BCUT2D eigenvalue weighted by molar-refractivity contribution is -0.119. The van der Waals surface area contributed by atoms with Gasteiger partial charge >= 0.3 is 0 Å². The normalized spacial score (nSPS) is 13.2. The second kappa shape index (κ2) is 11.6. The van der Waals surface area contributed by atoms with Gasteiger partial charge in [-0.1, -0.05) is 18.2 Å². The van der Waals surface area contributed by atoms with Crippen molar-refractivity contribution in [3.8, 4) is 5.75 Å². The predicted octanol–water partition coefficient (Wildman–Crippen LogP) is 4.69. The Morgan fingerprint density at radius 3 is 2.68 bits per heavy atom. The van der Waals surface area contributed by atoms with E-state index < -0.39 is 15.1 Å². The van der Waals surface area contributed by atoms with Gasteiger partial charge < -0.3 is 25.2 Å². The van der Waals surface area contributed by atoms with E-state index in [9.17, 15) is 13.2 Å². The van der Waals surface area contributed by atoms with Gasteiger partial charge in [0.2, 0.25) is 11.9 Å². The molecular formula is C29H34N6O4S2. The van der Waals surface area contributed by atoms with Crippen molar-refractivity contribution in [1.29, 1.82) is 0 Å². The van der Waals surface area contributed by atoms with E-state index in [1.54, 1.807) is 38.0 Å². The number of likely N-dealkylation sites (N-methyl/N-ethyl adjacent to an activating group) is 1. The smallest absolute Gasteiger partial charge is 0.241 e. The van der Waals surface area contributed by atoms with Crippen molar-refractivity contribution in [3.05, 3.63) is 59.0 Å². The summed E-state index contributed by atoms with van der Waals surface area (Å²) in [4.78, 5) is 26.3. The number of anilines is 4. The molecule has 216 valence electrons. The molecule has 41 heavy (non-hydrogen) atoms. The van der Waals surface area contributed by atoms with E-state index in [0.29, 0.717) is 46.8 Å². The number of nitrogens with one attached hydrogen (secondary N) is 2. The molecule has 0 aliphatic carbocycles. The molecular weight excluding hydrogens is 560 g/mol. The van der Waals surface area contributed by atoms with E-state index in [-0.39, 0.29) is 12.5 Å². The van der Waals surface area contributed by atoms with E-state index >= 15 is 0 Å². The molecule has 0 bridgehead atoms. The summed E-state index contributed by atoms with van der Waals surface area (Å²) in [6.07, 6.45) is 0.755. The fourth-order valence-electron chi connectivity index (χ4n) is 4.82. The number of carbonyl (C=O) groups excluding carboxylic acids is 1. The lowest BCUT2D eigenvalue weighted by atomic mass is 10.1. The Labute approximate surface area is 244 Å². The lowest BCUT2D eigenvalue weighted by Gasteiger charge is -2.21. The number of nitrogens with zero attached hydrogens (tertiary/aromatic N) is 4. The molecule has 2 aromatic heterocycles. The molecule has 12 heteroatoms. The first-order valence-electron chi connectivity index (χ1n) is 13.3. The minimum atomic E-state index is -3.45. The summed E-state index contributed by atoms with van der Waals surface area (Å²) < 4.78 is 32.4. The Hall–Kier alpha value is -3.74. The molecule has 0 unspecified atom stereocenters. The largest absolute Gasteiger partial charge is 0.495 e. The van der Waals surface area contributed by atoms with E-state index in [4.69, 9.17) is 14.7 Å². The van der Waals surface area contributed by atoms with Crippen molar-refractivity contribution in [2.75, 3.05) is 49.8 Å². The summed E-state index contributed by atoms with van der Waals surface area (Å²) in [5.41, 5.74) is 3.96. The molecule has 1 aliphatic heterocycles. The first-order chi connectivity index (χ1) is 19.6. The van der Waals surface area contributed by atoms with Crippen molar-refractivity contribution < 1.29 is 17.9 Å². The average molecular weight is 595 g/mol. The van der Waals surface area contributed by atoms with Crippen LogP contribution < -0.4 is 20.3 Å². The third-order valence-corrected chi connectivity index (χ3v) is 10.1. The summed E-state index contributed by atoms with van der Waals surface area (Å²) in [6.45, 7) is 4.58. The molecule has 2 N–H and O–H groups in total. The number of fused-ring (bicyclic) bond motifs is 2. The van der Waals surface area contributed by atoms with Crippen molar-refractivity contribution in [3.63, 3.8) is 0 Å². The summed E-state index contributed by atoms with van der Waals surface area (Å²) >= 11 is 1.50. The van der Waals surface area contributed by atoms with Gasteiger partial charge in [0.05, 0.1) is 39.7 Å². The van der Waals surface area contributed by atoms with Crippen molar-refractivity contribution >= 4 is 60.4 Å². The van der Waals surface area contributed by atoms with Crippen LogP contribution in [-0.2, 0) is 27.6 Å². The Balaban J connectivity index is 1.46. The van der Waals surface area contributed by atoms with Crippen LogP contribution >= 0.6 is 11.3 Å². The number of thiophene rings is 1. The van der Waals surface area contributed by atoms with Crippen LogP contribution in [0, 0.1) is 0 Å². The van der Waals surface area contributed by atoms with Crippen molar-refractivity contribution in [1.82, 2.24) is 14.9 Å². The van der Waals surface area contributed by atoms with Crippen LogP contribution in [0.5, 0.6) is 5.75 Å². The maximum absolute atomic E-state index is 13.0. The zero-order valence-electron chi connectivity index (χ0n) is 23.8. The highest BCUT2D eigenvalue weighted by Crippen LogP contribution is 2.39. The van der Waals surface area contributed by atoms with E-state index in [1.807, 2.05) is 54.7 Å². The number of hydrogen-bond donors (Lipinski definition) is 2. The van der Waals surface area contributed by atoms with Gasteiger partial charge in [-0.25, -0.2) is 13.4 Å². The van der Waals surface area contributed by atoms with Gasteiger partial charge in [-0.05, 0) is 75.1 Å². The first kappa shape index (κ1) is 28.8. The number of benzene rings is 2. The minimum absolute atomic E-state index is 0.0343. The van der Waals surface area contributed by atoms with Crippen LogP contribution in [-0.4, -0.2) is 68.7 Å². The molecule has 0 saturated carbocycles. The summed E-state index contributed by atoms with van der Waals surface area (Å²) in [7, 11) is 1.91. The monoisotopic (exact) mass is 594 g/mol. The molecule has 3 heterocycles. The number of amides is 1. The van der Waals surface area contributed by atoms with Crippen LogP contribution in [0.3, 0.4) is 0 Å². The Kier molecular flexibility index (Phi) is 8.16. The SMILES string of the molecule is COc1cc2c(cc1Nc1nc(NCc3ccccc3S(=O)(=O)C(C)C)c3sccc3n1)N(C(=O)CN(C)C)CC2. The molecule has 0 saturated heterocycles. The highest BCUT2D eigenvalue weighted by Gasteiger charge is 2.27. The highest BCUT2D eigenvalue weighted by atomic mass is 32.2. The van der Waals surface area contributed by atoms with E-state index in [0.717, 1.165) is 27.9 Å². The van der Waals surface area contributed by atoms with Gasteiger partial charge in [0.15, 0.2) is 9.84 Å². The first-order valence-corrected chi connectivity index (χ1v) is 15.7. The molecule has 10 nitrogen and oxygen atoms in total. The van der Waals surface area contributed by atoms with Gasteiger partial charge in [-0.2, -0.15) is 4.98 Å². The fraction of sp³-hybridized carbons (Fsp3) is 0.345. The van der Waals surface area contributed by atoms with Gasteiger partial charge in [0, 0.05) is 18.8 Å². The molecule has 4 aromatic rings. The number of rotatable bonds is 10. The third-order valence-electron chi connectivity index (χ3n) is 6.94. The number of carbonyl (C=O) groups is 1. The van der Waals surface area contributed by atoms with Gasteiger partial charge in [0.1, 0.15) is 11.6 Å². The van der Waals surface area contributed by atoms with E-state index in [1.165, 1.54) is 11.3 Å². The summed E-state index contributed by atoms with van der Waals surface area (Å²) in [5, 5.41) is 8.05. The van der Waals surface area contributed by atoms with E-state index in [2.05, 4.69) is 10.6 Å². The second-order valence-electron chi connectivity index (χ2n) is 10.4. The Morgan fingerprint density at radius 2 is 1.95 bits per heavy atom. The van der Waals surface area contributed by atoms with Crippen molar-refractivity contribution in [2.24, 2.45) is 0 Å². The van der Waals surface area contributed by atoms with Gasteiger partial charge in [0.25, 0.3) is 0 Å². The number of sulfone groups is 1. The van der Waals surface area contributed by atoms with Crippen LogP contribution in [0.4, 0.5) is 23.1 Å². The van der Waals surface area contributed by atoms with Gasteiger partial charge in [-0.15, -0.1) is 11.3 Å². The summed E-state index contributed by atoms with van der Waals surface area (Å²) in [5.74, 6) is 1.60. The lowest BCUT2D eigenvalue weighted by Crippen LogP contribution is -2.36. The third kappa shape index (κ3) is 5.85. The molecule has 0 atom stereocenters. The predicted molar refractivity (Wildman–Crippen MR) is 164 cm³/mol. The fourth-order valence-corrected chi connectivity index (χ4v) is 6.89. The number of aromatic nitrogens is 2. The van der Waals surface area contributed by atoms with Crippen LogP contribution in [0.25, 0.3) is 10.2 Å². The summed E-state index contributed by atoms with van der Waals surface area (Å²) in [6, 6.07) is 12.8. The Bertz CT molecular complexity index is 1700. The molecule has 5 rings (SSSR count). The van der Waals surface area contributed by atoms with Crippen LogP contribution in [0.2, 0.25) is 0 Å². The average Bonchev–Trinajstić information content (AvgIpc) is 3.58. The Morgan fingerprint density at radius 1 is 1.17 bits per heavy atom. The number of ether oxygens (including phenoxy) is 1. The second-order valence-corrected chi connectivity index (χ2v) is 13.8. The zero-order valence-corrected chi connectivity index (χ0v) is 25.4. The quantitative estimate of drug-likeness (QED) is 0.270. The highest BCUT2D eigenvalue weighted by molar-refractivity contribution is 7.92. The van der Waals surface area contributed by atoms with Crippen LogP contribution in [0.15, 0.2) is 52.7 Å². The maximum Gasteiger partial charge on any atom is 0.241 e. The number of hydrogen-bond acceptors (Lipinski definition) is 10. The zero-order chi connectivity index (χ0) is 29.3. The number of methoxy groups -OCH3 is 1. The molecule has 1 aliphatic rings. The molecule has 0 fully saturated rings. The van der Waals surface area contributed by atoms with Crippen molar-refractivity contribution in [2.45, 2.75) is 37.0 Å².